The van der Waals surface area contributed by atoms with E-state index < -0.39 is 5.60 Å². The lowest BCUT2D eigenvalue weighted by Gasteiger charge is -2.29. The summed E-state index contributed by atoms with van der Waals surface area (Å²) in [7, 11) is 0. The fourth-order valence-electron chi connectivity index (χ4n) is 3.70. The first-order valence-corrected chi connectivity index (χ1v) is 5.03. The van der Waals surface area contributed by atoms with Gasteiger partial charge in [-0.2, -0.15) is 0 Å². The molecule has 0 radical (unpaired) electrons. The van der Waals surface area contributed by atoms with Crippen molar-refractivity contribution in [2.45, 2.75) is 25.4 Å². The van der Waals surface area contributed by atoms with Crippen LogP contribution < -0.4 is 0 Å². The summed E-state index contributed by atoms with van der Waals surface area (Å²) < 4.78 is 0. The Labute approximate surface area is 77.6 Å². The summed E-state index contributed by atoms with van der Waals surface area (Å²) in [5, 5.41) is 10.1. The van der Waals surface area contributed by atoms with Crippen molar-refractivity contribution in [2.75, 3.05) is 0 Å². The lowest BCUT2D eigenvalue weighted by atomic mass is 9.79. The Balaban J connectivity index is 2.06. The average molecular weight is 178 g/mol. The Kier molecular flexibility index (Phi) is 1.23. The van der Waals surface area contributed by atoms with E-state index >= 15 is 0 Å². The van der Waals surface area contributed by atoms with Gasteiger partial charge in [-0.3, -0.25) is 4.79 Å². The summed E-state index contributed by atoms with van der Waals surface area (Å²) in [4.78, 5) is 11.7. The molecular formula is C11H14O2. The van der Waals surface area contributed by atoms with Crippen molar-refractivity contribution < 1.29 is 9.90 Å². The highest BCUT2D eigenvalue weighted by Crippen LogP contribution is 2.57. The minimum absolute atomic E-state index is 0.144. The summed E-state index contributed by atoms with van der Waals surface area (Å²) >= 11 is 0. The molecule has 2 bridgehead atoms. The van der Waals surface area contributed by atoms with Crippen LogP contribution in [0, 0.1) is 23.7 Å². The second kappa shape index (κ2) is 2.06. The number of hydrogen-bond donors (Lipinski definition) is 1. The number of fused-ring (bicyclic) bond motifs is 5. The van der Waals surface area contributed by atoms with E-state index in [1.165, 1.54) is 0 Å². The van der Waals surface area contributed by atoms with E-state index in [1.54, 1.807) is 0 Å². The van der Waals surface area contributed by atoms with Crippen LogP contribution in [0.1, 0.15) is 19.8 Å². The number of Topliss-reactive ketones (excluding diaryl/α,β-unsaturated/α-hetero) is 1. The summed E-state index contributed by atoms with van der Waals surface area (Å²) in [5.41, 5.74) is -0.730. The number of ketones is 1. The van der Waals surface area contributed by atoms with Gasteiger partial charge in [0.1, 0.15) is 5.78 Å². The molecule has 0 aromatic heterocycles. The van der Waals surface area contributed by atoms with Crippen LogP contribution >= 0.6 is 0 Å². The maximum Gasteiger partial charge on any atom is 0.139 e. The molecule has 70 valence electrons. The van der Waals surface area contributed by atoms with Gasteiger partial charge < -0.3 is 5.11 Å². The van der Waals surface area contributed by atoms with Crippen molar-refractivity contribution >= 4 is 5.78 Å². The molecule has 0 aliphatic heterocycles. The van der Waals surface area contributed by atoms with Crippen molar-refractivity contribution in [2.24, 2.45) is 23.7 Å². The zero-order valence-electron chi connectivity index (χ0n) is 7.73. The summed E-state index contributed by atoms with van der Waals surface area (Å²) in [6.07, 6.45) is 5.83. The van der Waals surface area contributed by atoms with Crippen molar-refractivity contribution in [3.63, 3.8) is 0 Å². The highest BCUT2D eigenvalue weighted by molar-refractivity contribution is 5.86. The first-order chi connectivity index (χ1) is 6.09. The molecule has 2 saturated carbocycles. The molecule has 0 aromatic carbocycles. The molecule has 5 unspecified atom stereocenters. The SMILES string of the molecule is CC1(O)CC(=O)C2C3C=CC(C3)C21. The predicted molar refractivity (Wildman–Crippen MR) is 48.0 cm³/mol. The van der Waals surface area contributed by atoms with Gasteiger partial charge in [0, 0.05) is 18.3 Å². The standard InChI is InChI=1S/C11H14O2/c1-11(13)5-8(12)9-6-2-3-7(4-6)10(9)11/h2-3,6-7,9-10,13H,4-5H2,1H3. The number of aliphatic hydroxyl groups is 1. The molecule has 3 rings (SSSR count). The Hall–Kier alpha value is -0.630. The zero-order chi connectivity index (χ0) is 9.22. The molecular weight excluding hydrogens is 164 g/mol. The average Bonchev–Trinajstić information content (AvgIpc) is 2.63. The van der Waals surface area contributed by atoms with Crippen LogP contribution in [0.3, 0.4) is 0 Å². The molecule has 0 amide bonds. The number of hydrogen-bond acceptors (Lipinski definition) is 2. The molecule has 0 aromatic rings. The van der Waals surface area contributed by atoms with Crippen LogP contribution in [-0.2, 0) is 4.79 Å². The van der Waals surface area contributed by atoms with Gasteiger partial charge >= 0.3 is 0 Å². The summed E-state index contributed by atoms with van der Waals surface area (Å²) in [5.74, 6) is 1.56. The van der Waals surface area contributed by atoms with Crippen molar-refractivity contribution in [1.82, 2.24) is 0 Å². The van der Waals surface area contributed by atoms with Gasteiger partial charge in [-0.15, -0.1) is 0 Å². The maximum absolute atomic E-state index is 11.7. The van der Waals surface area contributed by atoms with Gasteiger partial charge in [-0.1, -0.05) is 12.2 Å². The second-order valence-electron chi connectivity index (χ2n) is 5.00. The Morgan fingerprint density at radius 1 is 1.46 bits per heavy atom. The van der Waals surface area contributed by atoms with Gasteiger partial charge in [0.15, 0.2) is 0 Å². The Bertz CT molecular complexity index is 303. The number of carbonyl (C=O) groups excluding carboxylic acids is 1. The molecule has 0 spiro atoms. The lowest BCUT2D eigenvalue weighted by Crippen LogP contribution is -2.34. The molecule has 13 heavy (non-hydrogen) atoms. The van der Waals surface area contributed by atoms with Crippen molar-refractivity contribution in [3.05, 3.63) is 12.2 Å². The maximum atomic E-state index is 11.7. The molecule has 1 N–H and O–H groups in total. The molecule has 3 aliphatic rings. The predicted octanol–water partition coefficient (Wildman–Crippen LogP) is 1.15. The molecule has 2 fully saturated rings. The highest BCUT2D eigenvalue weighted by atomic mass is 16.3. The van der Waals surface area contributed by atoms with Gasteiger partial charge in [0.2, 0.25) is 0 Å². The van der Waals surface area contributed by atoms with E-state index in [0.717, 1.165) is 6.42 Å². The largest absolute Gasteiger partial charge is 0.389 e. The summed E-state index contributed by atoms with van der Waals surface area (Å²) in [6, 6.07) is 0. The third-order valence-electron chi connectivity index (χ3n) is 4.08. The normalized spacial score (nSPS) is 57.5. The Morgan fingerprint density at radius 3 is 2.85 bits per heavy atom. The Morgan fingerprint density at radius 2 is 2.15 bits per heavy atom. The molecule has 2 heteroatoms. The third kappa shape index (κ3) is 0.798. The van der Waals surface area contributed by atoms with Crippen LogP contribution in [0.25, 0.3) is 0 Å². The van der Waals surface area contributed by atoms with Crippen LogP contribution in [0.2, 0.25) is 0 Å². The van der Waals surface area contributed by atoms with Crippen LogP contribution in [0.4, 0.5) is 0 Å². The van der Waals surface area contributed by atoms with Crippen LogP contribution in [0.5, 0.6) is 0 Å². The molecule has 2 nitrogen and oxygen atoms in total. The number of allylic oxidation sites excluding steroid dienone is 2. The molecule has 5 atom stereocenters. The smallest absolute Gasteiger partial charge is 0.139 e. The monoisotopic (exact) mass is 178 g/mol. The van der Waals surface area contributed by atoms with E-state index in [-0.39, 0.29) is 17.6 Å². The zero-order valence-corrected chi connectivity index (χ0v) is 7.73. The van der Waals surface area contributed by atoms with E-state index in [1.807, 2.05) is 6.92 Å². The number of carbonyl (C=O) groups is 1. The first-order valence-electron chi connectivity index (χ1n) is 5.03. The van der Waals surface area contributed by atoms with Gasteiger partial charge in [0.05, 0.1) is 5.60 Å². The molecule has 3 aliphatic carbocycles. The van der Waals surface area contributed by atoms with E-state index in [0.29, 0.717) is 18.3 Å². The quantitative estimate of drug-likeness (QED) is 0.565. The third-order valence-corrected chi connectivity index (χ3v) is 4.08. The van der Waals surface area contributed by atoms with E-state index in [2.05, 4.69) is 12.2 Å². The fraction of sp³-hybridized carbons (Fsp3) is 0.727. The van der Waals surface area contributed by atoms with Gasteiger partial charge in [0.25, 0.3) is 0 Å². The second-order valence-corrected chi connectivity index (χ2v) is 5.00. The van der Waals surface area contributed by atoms with E-state index in [4.69, 9.17) is 0 Å². The fourth-order valence-corrected chi connectivity index (χ4v) is 3.70. The van der Waals surface area contributed by atoms with Crippen molar-refractivity contribution in [3.8, 4) is 0 Å². The lowest BCUT2D eigenvalue weighted by molar-refractivity contribution is -0.122. The van der Waals surface area contributed by atoms with E-state index in [9.17, 15) is 9.90 Å². The minimum Gasteiger partial charge on any atom is -0.389 e. The summed E-state index contributed by atoms with van der Waals surface area (Å²) in [6.45, 7) is 1.82. The van der Waals surface area contributed by atoms with Crippen LogP contribution in [-0.4, -0.2) is 16.5 Å². The topological polar surface area (TPSA) is 37.3 Å². The molecule has 0 saturated heterocycles. The van der Waals surface area contributed by atoms with Gasteiger partial charge in [-0.05, 0) is 25.2 Å². The first kappa shape index (κ1) is 7.74. The minimum atomic E-state index is -0.730. The van der Waals surface area contributed by atoms with Crippen LogP contribution in [0.15, 0.2) is 12.2 Å². The number of rotatable bonds is 0. The van der Waals surface area contributed by atoms with Crippen molar-refractivity contribution in [1.29, 1.82) is 0 Å². The highest BCUT2D eigenvalue weighted by Gasteiger charge is 2.59. The van der Waals surface area contributed by atoms with Gasteiger partial charge in [-0.25, -0.2) is 0 Å². The molecule has 0 heterocycles.